The summed E-state index contributed by atoms with van der Waals surface area (Å²) in [5, 5.41) is 0. The van der Waals surface area contributed by atoms with Crippen molar-refractivity contribution in [2.45, 2.75) is 71.0 Å². The normalized spacial score (nSPS) is 30.1. The number of hydrogen-bond acceptors (Lipinski definition) is 2. The molecule has 1 nitrogen and oxygen atoms in total. The lowest BCUT2D eigenvalue weighted by molar-refractivity contribution is -0.120. The van der Waals surface area contributed by atoms with Gasteiger partial charge in [0.1, 0.15) is 5.78 Å². The Balaban J connectivity index is 2.59. The molecule has 0 saturated heterocycles. The molecule has 0 amide bonds. The fourth-order valence-electron chi connectivity index (χ4n) is 2.15. The second kappa shape index (κ2) is 5.57. The summed E-state index contributed by atoms with van der Waals surface area (Å²) in [6.45, 7) is 8.96. The van der Waals surface area contributed by atoms with Crippen LogP contribution in [0.3, 0.4) is 0 Å². The first kappa shape index (κ1) is 14.1. The molecule has 94 valence electrons. The maximum absolute atomic E-state index is 12.2. The van der Waals surface area contributed by atoms with Gasteiger partial charge in [-0.2, -0.15) is 0 Å². The van der Waals surface area contributed by atoms with Crippen LogP contribution in [0.15, 0.2) is 0 Å². The van der Waals surface area contributed by atoms with Crippen molar-refractivity contribution in [1.29, 1.82) is 0 Å². The van der Waals surface area contributed by atoms with Crippen molar-refractivity contribution in [2.75, 3.05) is 5.75 Å². The average molecular weight is 242 g/mol. The minimum atomic E-state index is -0.0943. The molecule has 1 atom stereocenters. The average Bonchev–Trinajstić information content (AvgIpc) is 2.32. The van der Waals surface area contributed by atoms with Crippen molar-refractivity contribution in [3.8, 4) is 0 Å². The largest absolute Gasteiger partial charge is 0.298 e. The molecule has 0 aromatic heterocycles. The van der Waals surface area contributed by atoms with Crippen molar-refractivity contribution in [1.82, 2.24) is 0 Å². The Bertz CT molecular complexity index is 247. The molecule has 1 fully saturated rings. The Morgan fingerprint density at radius 2 is 1.88 bits per heavy atom. The van der Waals surface area contributed by atoms with Gasteiger partial charge in [0.15, 0.2) is 0 Å². The lowest BCUT2D eigenvalue weighted by Gasteiger charge is -2.27. The molecule has 0 spiro atoms. The molecule has 1 saturated carbocycles. The van der Waals surface area contributed by atoms with Crippen LogP contribution in [0.5, 0.6) is 0 Å². The zero-order chi connectivity index (χ0) is 12.2. The molecule has 0 aromatic rings. The van der Waals surface area contributed by atoms with E-state index in [0.717, 1.165) is 25.0 Å². The fraction of sp³-hybridized carbons (Fsp3) is 0.929. The molecular weight excluding hydrogens is 216 g/mol. The van der Waals surface area contributed by atoms with E-state index < -0.39 is 0 Å². The Hall–Kier alpha value is 0.0200. The molecule has 0 N–H and O–H groups in total. The summed E-state index contributed by atoms with van der Waals surface area (Å²) in [5.74, 6) is 1.62. The van der Waals surface area contributed by atoms with Gasteiger partial charge in [0.25, 0.3) is 0 Å². The van der Waals surface area contributed by atoms with Gasteiger partial charge in [-0.15, -0.1) is 11.8 Å². The van der Waals surface area contributed by atoms with Gasteiger partial charge >= 0.3 is 0 Å². The standard InChI is InChI=1S/C14H26OS/c1-5-6-11-16-14(4)10-9-13(2,3)8-7-12(14)15/h5-11H2,1-4H3. The zero-order valence-corrected chi connectivity index (χ0v) is 12.1. The second-order valence-electron chi connectivity index (χ2n) is 6.02. The Labute approximate surface area is 105 Å². The quantitative estimate of drug-likeness (QED) is 0.535. The molecule has 0 bridgehead atoms. The van der Waals surface area contributed by atoms with E-state index in [1.807, 2.05) is 11.8 Å². The third kappa shape index (κ3) is 3.80. The predicted octanol–water partition coefficient (Wildman–Crippen LogP) is 4.45. The van der Waals surface area contributed by atoms with Gasteiger partial charge in [-0.25, -0.2) is 0 Å². The summed E-state index contributed by atoms with van der Waals surface area (Å²) in [4.78, 5) is 12.2. The fourth-order valence-corrected chi connectivity index (χ4v) is 3.55. The van der Waals surface area contributed by atoms with Gasteiger partial charge in [-0.05, 0) is 43.8 Å². The third-order valence-electron chi connectivity index (χ3n) is 3.82. The molecule has 1 rings (SSSR count). The van der Waals surface area contributed by atoms with E-state index in [-0.39, 0.29) is 4.75 Å². The minimum Gasteiger partial charge on any atom is -0.298 e. The van der Waals surface area contributed by atoms with E-state index in [1.54, 1.807) is 0 Å². The van der Waals surface area contributed by atoms with Crippen LogP contribution in [-0.2, 0) is 4.79 Å². The molecule has 0 aliphatic heterocycles. The van der Waals surface area contributed by atoms with Crippen molar-refractivity contribution in [3.05, 3.63) is 0 Å². The molecular formula is C14H26OS. The molecule has 2 heteroatoms. The van der Waals surface area contributed by atoms with Gasteiger partial charge in [0.05, 0.1) is 4.75 Å². The predicted molar refractivity (Wildman–Crippen MR) is 73.0 cm³/mol. The molecule has 0 aromatic carbocycles. The highest BCUT2D eigenvalue weighted by atomic mass is 32.2. The number of thioether (sulfide) groups is 1. The molecule has 16 heavy (non-hydrogen) atoms. The highest BCUT2D eigenvalue weighted by molar-refractivity contribution is 8.01. The smallest absolute Gasteiger partial charge is 0.148 e. The molecule has 1 unspecified atom stereocenters. The van der Waals surface area contributed by atoms with Gasteiger partial charge in [-0.1, -0.05) is 27.2 Å². The first-order valence-corrected chi connectivity index (χ1v) is 7.55. The Morgan fingerprint density at radius 3 is 2.50 bits per heavy atom. The van der Waals surface area contributed by atoms with Crippen LogP contribution in [0.4, 0.5) is 0 Å². The van der Waals surface area contributed by atoms with Gasteiger partial charge in [-0.3, -0.25) is 4.79 Å². The number of hydrogen-bond donors (Lipinski definition) is 0. The number of carbonyl (C=O) groups excluding carboxylic acids is 1. The lowest BCUT2D eigenvalue weighted by atomic mass is 9.85. The first-order valence-electron chi connectivity index (χ1n) is 6.57. The van der Waals surface area contributed by atoms with Crippen LogP contribution in [0.1, 0.15) is 66.2 Å². The first-order chi connectivity index (χ1) is 7.40. The van der Waals surface area contributed by atoms with Gasteiger partial charge in [0, 0.05) is 6.42 Å². The highest BCUT2D eigenvalue weighted by Gasteiger charge is 2.38. The SMILES string of the molecule is CCCCSC1(C)CCC(C)(C)CCC1=O. The summed E-state index contributed by atoms with van der Waals surface area (Å²) >= 11 is 1.90. The van der Waals surface area contributed by atoms with Crippen LogP contribution in [0, 0.1) is 5.41 Å². The lowest BCUT2D eigenvalue weighted by Crippen LogP contribution is -2.30. The number of Topliss-reactive ketones (excluding diaryl/α,β-unsaturated/α-hetero) is 1. The summed E-state index contributed by atoms with van der Waals surface area (Å²) in [7, 11) is 0. The maximum Gasteiger partial charge on any atom is 0.148 e. The van der Waals surface area contributed by atoms with Crippen LogP contribution < -0.4 is 0 Å². The summed E-state index contributed by atoms with van der Waals surface area (Å²) in [5.41, 5.74) is 0.360. The van der Waals surface area contributed by atoms with E-state index in [4.69, 9.17) is 0 Å². The minimum absolute atomic E-state index is 0.0943. The van der Waals surface area contributed by atoms with Crippen molar-refractivity contribution < 1.29 is 4.79 Å². The molecule has 1 aliphatic carbocycles. The van der Waals surface area contributed by atoms with Crippen LogP contribution in [0.25, 0.3) is 0 Å². The topological polar surface area (TPSA) is 17.1 Å². The number of ketones is 1. The van der Waals surface area contributed by atoms with Crippen LogP contribution in [0.2, 0.25) is 0 Å². The number of carbonyl (C=O) groups is 1. The summed E-state index contributed by atoms with van der Waals surface area (Å²) in [6, 6.07) is 0. The Kier molecular flexibility index (Phi) is 4.90. The van der Waals surface area contributed by atoms with Gasteiger partial charge in [0.2, 0.25) is 0 Å². The van der Waals surface area contributed by atoms with Crippen molar-refractivity contribution >= 4 is 17.5 Å². The van der Waals surface area contributed by atoms with E-state index in [0.29, 0.717) is 11.2 Å². The van der Waals surface area contributed by atoms with Crippen LogP contribution in [-0.4, -0.2) is 16.3 Å². The molecule has 1 aliphatic rings. The van der Waals surface area contributed by atoms with Crippen LogP contribution >= 0.6 is 11.8 Å². The highest BCUT2D eigenvalue weighted by Crippen LogP contribution is 2.42. The van der Waals surface area contributed by atoms with E-state index >= 15 is 0 Å². The van der Waals surface area contributed by atoms with E-state index in [9.17, 15) is 4.79 Å². The molecule has 0 heterocycles. The van der Waals surface area contributed by atoms with Crippen molar-refractivity contribution in [2.24, 2.45) is 5.41 Å². The van der Waals surface area contributed by atoms with E-state index in [1.165, 1.54) is 19.3 Å². The molecule has 0 radical (unpaired) electrons. The number of unbranched alkanes of at least 4 members (excludes halogenated alkanes) is 1. The van der Waals surface area contributed by atoms with Gasteiger partial charge < -0.3 is 0 Å². The maximum atomic E-state index is 12.2. The third-order valence-corrected chi connectivity index (χ3v) is 5.38. The number of rotatable bonds is 4. The zero-order valence-electron chi connectivity index (χ0n) is 11.3. The van der Waals surface area contributed by atoms with E-state index in [2.05, 4.69) is 27.7 Å². The second-order valence-corrected chi connectivity index (χ2v) is 7.62. The van der Waals surface area contributed by atoms with Crippen molar-refractivity contribution in [3.63, 3.8) is 0 Å². The summed E-state index contributed by atoms with van der Waals surface area (Å²) < 4.78 is -0.0943. The monoisotopic (exact) mass is 242 g/mol. The Morgan fingerprint density at radius 1 is 1.19 bits per heavy atom. The summed E-state index contributed by atoms with van der Waals surface area (Å²) in [6.07, 6.45) is 6.56.